The minimum absolute atomic E-state index is 0.795. The number of anilines is 3. The number of methoxy groups -OCH3 is 1. The standard InChI is InChI=1S/C15H18BrN3O/c1-3-6-18-12-7-13(10-17-9-12)19-11-4-5-14(16)15(8-11)20-2/h4-5,7-10,18-19H,3,6H2,1-2H3. The van der Waals surface area contributed by atoms with E-state index >= 15 is 0 Å². The van der Waals surface area contributed by atoms with Crippen molar-refractivity contribution in [1.29, 1.82) is 0 Å². The number of halogens is 1. The lowest BCUT2D eigenvalue weighted by Gasteiger charge is -2.11. The fraction of sp³-hybridized carbons (Fsp3) is 0.267. The van der Waals surface area contributed by atoms with Crippen LogP contribution in [0.15, 0.2) is 41.1 Å². The predicted molar refractivity (Wildman–Crippen MR) is 87.0 cm³/mol. The third-order valence-electron chi connectivity index (χ3n) is 2.76. The number of ether oxygens (including phenoxy) is 1. The number of nitrogens with one attached hydrogen (secondary N) is 2. The topological polar surface area (TPSA) is 46.2 Å². The summed E-state index contributed by atoms with van der Waals surface area (Å²) in [6, 6.07) is 7.92. The quantitative estimate of drug-likeness (QED) is 0.820. The summed E-state index contributed by atoms with van der Waals surface area (Å²) in [5.41, 5.74) is 2.91. The summed E-state index contributed by atoms with van der Waals surface area (Å²) in [6.45, 7) is 3.08. The van der Waals surface area contributed by atoms with Gasteiger partial charge in [-0.1, -0.05) is 6.92 Å². The fourth-order valence-corrected chi connectivity index (χ4v) is 2.19. The van der Waals surface area contributed by atoms with Crippen LogP contribution in [0, 0.1) is 0 Å². The number of benzene rings is 1. The molecular formula is C15H18BrN3O. The number of nitrogens with zero attached hydrogens (tertiary/aromatic N) is 1. The third kappa shape index (κ3) is 3.87. The molecule has 1 heterocycles. The van der Waals surface area contributed by atoms with E-state index in [4.69, 9.17) is 4.74 Å². The smallest absolute Gasteiger partial charge is 0.135 e. The molecule has 0 fully saturated rings. The van der Waals surface area contributed by atoms with Crippen LogP contribution in [0.1, 0.15) is 13.3 Å². The average molecular weight is 336 g/mol. The number of pyridine rings is 1. The number of aromatic nitrogens is 1. The molecule has 5 heteroatoms. The molecule has 0 radical (unpaired) electrons. The van der Waals surface area contributed by atoms with Gasteiger partial charge >= 0.3 is 0 Å². The van der Waals surface area contributed by atoms with Crippen LogP contribution in [-0.2, 0) is 0 Å². The second kappa shape index (κ2) is 7.14. The minimum atomic E-state index is 0.795. The molecule has 0 spiro atoms. The molecule has 0 aliphatic rings. The van der Waals surface area contributed by atoms with Gasteiger partial charge in [0.1, 0.15) is 5.75 Å². The first-order valence-electron chi connectivity index (χ1n) is 6.52. The molecule has 0 amide bonds. The Labute approximate surface area is 127 Å². The first-order valence-corrected chi connectivity index (χ1v) is 7.31. The average Bonchev–Trinajstić information content (AvgIpc) is 2.47. The van der Waals surface area contributed by atoms with Crippen molar-refractivity contribution in [3.63, 3.8) is 0 Å². The van der Waals surface area contributed by atoms with Gasteiger partial charge in [0.15, 0.2) is 0 Å². The maximum Gasteiger partial charge on any atom is 0.135 e. The van der Waals surface area contributed by atoms with Gasteiger partial charge in [-0.15, -0.1) is 0 Å². The van der Waals surface area contributed by atoms with Crippen molar-refractivity contribution in [2.24, 2.45) is 0 Å². The molecule has 2 aromatic rings. The minimum Gasteiger partial charge on any atom is -0.495 e. The van der Waals surface area contributed by atoms with Gasteiger partial charge in [-0.2, -0.15) is 0 Å². The van der Waals surface area contributed by atoms with Crippen molar-refractivity contribution >= 4 is 33.0 Å². The largest absolute Gasteiger partial charge is 0.495 e. The highest BCUT2D eigenvalue weighted by Crippen LogP contribution is 2.29. The van der Waals surface area contributed by atoms with Crippen molar-refractivity contribution in [3.8, 4) is 5.75 Å². The summed E-state index contributed by atoms with van der Waals surface area (Å²) in [7, 11) is 1.65. The van der Waals surface area contributed by atoms with Gasteiger partial charge in [-0.3, -0.25) is 4.98 Å². The summed E-state index contributed by atoms with van der Waals surface area (Å²) in [4.78, 5) is 4.23. The lowest BCUT2D eigenvalue weighted by Crippen LogP contribution is -2.01. The molecule has 0 saturated carbocycles. The van der Waals surface area contributed by atoms with E-state index in [1.54, 1.807) is 13.3 Å². The molecule has 0 atom stereocenters. The molecule has 0 bridgehead atoms. The molecule has 1 aromatic heterocycles. The van der Waals surface area contributed by atoms with Crippen molar-refractivity contribution in [1.82, 2.24) is 4.98 Å². The molecule has 106 valence electrons. The van der Waals surface area contributed by atoms with E-state index in [1.165, 1.54) is 0 Å². The highest BCUT2D eigenvalue weighted by Gasteiger charge is 2.03. The van der Waals surface area contributed by atoms with Gasteiger partial charge in [-0.05, 0) is 40.5 Å². The van der Waals surface area contributed by atoms with E-state index in [1.807, 2.05) is 30.5 Å². The van der Waals surface area contributed by atoms with Crippen molar-refractivity contribution in [2.75, 3.05) is 24.3 Å². The van der Waals surface area contributed by atoms with E-state index in [0.717, 1.165) is 40.2 Å². The molecule has 0 unspecified atom stereocenters. The zero-order valence-electron chi connectivity index (χ0n) is 11.6. The number of hydrogen-bond acceptors (Lipinski definition) is 4. The Morgan fingerprint density at radius 2 is 1.95 bits per heavy atom. The third-order valence-corrected chi connectivity index (χ3v) is 3.41. The van der Waals surface area contributed by atoms with E-state index < -0.39 is 0 Å². The van der Waals surface area contributed by atoms with Gasteiger partial charge in [0.2, 0.25) is 0 Å². The van der Waals surface area contributed by atoms with E-state index in [0.29, 0.717) is 0 Å². The Morgan fingerprint density at radius 3 is 2.70 bits per heavy atom. The number of hydrogen-bond donors (Lipinski definition) is 2. The monoisotopic (exact) mass is 335 g/mol. The normalized spacial score (nSPS) is 10.2. The summed E-state index contributed by atoms with van der Waals surface area (Å²) in [5, 5.41) is 6.64. The summed E-state index contributed by atoms with van der Waals surface area (Å²) >= 11 is 3.44. The first-order chi connectivity index (χ1) is 9.72. The summed E-state index contributed by atoms with van der Waals surface area (Å²) in [6.07, 6.45) is 4.70. The lowest BCUT2D eigenvalue weighted by molar-refractivity contribution is 0.412. The van der Waals surface area contributed by atoms with Crippen LogP contribution >= 0.6 is 15.9 Å². The van der Waals surface area contributed by atoms with Gasteiger partial charge in [-0.25, -0.2) is 0 Å². The van der Waals surface area contributed by atoms with Gasteiger partial charge in [0.05, 0.1) is 35.4 Å². The zero-order valence-corrected chi connectivity index (χ0v) is 13.2. The van der Waals surface area contributed by atoms with Gasteiger partial charge < -0.3 is 15.4 Å². The Morgan fingerprint density at radius 1 is 1.15 bits per heavy atom. The second-order valence-electron chi connectivity index (χ2n) is 4.36. The molecule has 0 aliphatic carbocycles. The maximum atomic E-state index is 5.29. The molecule has 4 nitrogen and oxygen atoms in total. The van der Waals surface area contributed by atoms with Crippen molar-refractivity contribution in [3.05, 3.63) is 41.1 Å². The zero-order chi connectivity index (χ0) is 14.4. The Bertz CT molecular complexity index is 575. The SMILES string of the molecule is CCCNc1cncc(Nc2ccc(Br)c(OC)c2)c1. The van der Waals surface area contributed by atoms with Crippen LogP contribution in [-0.4, -0.2) is 18.6 Å². The molecular weight excluding hydrogens is 318 g/mol. The van der Waals surface area contributed by atoms with Crippen LogP contribution < -0.4 is 15.4 Å². The maximum absolute atomic E-state index is 5.29. The van der Waals surface area contributed by atoms with Crippen molar-refractivity contribution < 1.29 is 4.74 Å². The fourth-order valence-electron chi connectivity index (χ4n) is 1.78. The van der Waals surface area contributed by atoms with Crippen LogP contribution in [0.3, 0.4) is 0 Å². The van der Waals surface area contributed by atoms with E-state index in [9.17, 15) is 0 Å². The Hall–Kier alpha value is -1.75. The highest BCUT2D eigenvalue weighted by atomic mass is 79.9. The van der Waals surface area contributed by atoms with Crippen LogP contribution in [0.4, 0.5) is 17.1 Å². The van der Waals surface area contributed by atoms with Gasteiger partial charge in [0.25, 0.3) is 0 Å². The number of rotatable bonds is 6. The molecule has 0 saturated heterocycles. The van der Waals surface area contributed by atoms with Crippen LogP contribution in [0.5, 0.6) is 5.75 Å². The van der Waals surface area contributed by atoms with Crippen LogP contribution in [0.25, 0.3) is 0 Å². The second-order valence-corrected chi connectivity index (χ2v) is 5.22. The van der Waals surface area contributed by atoms with E-state index in [2.05, 4.69) is 38.5 Å². The van der Waals surface area contributed by atoms with Gasteiger partial charge in [0, 0.05) is 18.3 Å². The first kappa shape index (κ1) is 14.7. The Balaban J connectivity index is 2.13. The molecule has 0 aliphatic heterocycles. The summed E-state index contributed by atoms with van der Waals surface area (Å²) in [5.74, 6) is 0.795. The Kier molecular flexibility index (Phi) is 5.24. The lowest BCUT2D eigenvalue weighted by atomic mass is 10.3. The predicted octanol–water partition coefficient (Wildman–Crippen LogP) is 4.42. The molecule has 20 heavy (non-hydrogen) atoms. The summed E-state index contributed by atoms with van der Waals surface area (Å²) < 4.78 is 6.22. The van der Waals surface area contributed by atoms with Crippen molar-refractivity contribution in [2.45, 2.75) is 13.3 Å². The highest BCUT2D eigenvalue weighted by molar-refractivity contribution is 9.10. The molecule has 1 aromatic carbocycles. The van der Waals surface area contributed by atoms with E-state index in [-0.39, 0.29) is 0 Å². The van der Waals surface area contributed by atoms with Crippen LogP contribution in [0.2, 0.25) is 0 Å². The molecule has 2 N–H and O–H groups in total. The molecule has 2 rings (SSSR count).